The first kappa shape index (κ1) is 31.2. The summed E-state index contributed by atoms with van der Waals surface area (Å²) in [4.78, 5) is 21.1. The van der Waals surface area contributed by atoms with Gasteiger partial charge in [0.25, 0.3) is 5.91 Å². The highest BCUT2D eigenvalue weighted by atomic mass is 19.4. The zero-order valence-electron chi connectivity index (χ0n) is 22.1. The van der Waals surface area contributed by atoms with Crippen LogP contribution in [0.3, 0.4) is 0 Å². The molecular weight excluding hydrogens is 503 g/mol. The van der Waals surface area contributed by atoms with Crippen molar-refractivity contribution in [2.24, 2.45) is 5.73 Å². The van der Waals surface area contributed by atoms with Gasteiger partial charge >= 0.3 is 6.18 Å². The summed E-state index contributed by atoms with van der Waals surface area (Å²) in [6.45, 7) is 10.7. The molecule has 210 valence electrons. The molecule has 1 unspecified atom stereocenters. The molecule has 1 saturated heterocycles. The fourth-order valence-electron chi connectivity index (χ4n) is 3.66. The van der Waals surface area contributed by atoms with Gasteiger partial charge in [-0.2, -0.15) is 13.2 Å². The highest BCUT2D eigenvalue weighted by Gasteiger charge is 2.30. The molecule has 4 rings (SSSR count). The van der Waals surface area contributed by atoms with Crippen molar-refractivity contribution in [1.29, 1.82) is 0 Å². The maximum atomic E-state index is 12.6. The number of pyridine rings is 2. The number of primary amides is 1. The van der Waals surface area contributed by atoms with Crippen molar-refractivity contribution in [2.75, 3.05) is 32.8 Å². The standard InChI is InChI=1S/C14H9F3N4O.C10H21NO3.C2H6/c15-14(16,17)9-1-2-12(20-7-9)21-4-3-8-6-19-10(13(18)22)5-11(8)21;1-10(2,13)8-14-9-3-4-11(7-9)5-6-12;1-2/h1-7H,(H2,18,22);9,12-13H,3-8H2,1-2H3;1-2H3. The Labute approximate surface area is 220 Å². The predicted molar refractivity (Wildman–Crippen MR) is 138 cm³/mol. The molecule has 9 nitrogen and oxygen atoms in total. The lowest BCUT2D eigenvalue weighted by atomic mass is 10.1. The van der Waals surface area contributed by atoms with Crippen molar-refractivity contribution in [3.05, 3.63) is 54.1 Å². The van der Waals surface area contributed by atoms with Crippen LogP contribution in [-0.2, 0) is 10.9 Å². The quantitative estimate of drug-likeness (QED) is 0.420. The molecular formula is C26H36F3N5O4. The van der Waals surface area contributed by atoms with E-state index in [9.17, 15) is 23.1 Å². The van der Waals surface area contributed by atoms with E-state index in [1.54, 1.807) is 30.7 Å². The number of rotatable bonds is 7. The number of fused-ring (bicyclic) bond motifs is 1. The number of hydrogen-bond acceptors (Lipinski definition) is 7. The number of nitrogens with zero attached hydrogens (tertiary/aromatic N) is 4. The Bertz CT molecular complexity index is 1160. The minimum absolute atomic E-state index is 0.0689. The number of likely N-dealkylation sites (tertiary alicyclic amines) is 1. The van der Waals surface area contributed by atoms with Crippen LogP contribution in [0.4, 0.5) is 13.2 Å². The van der Waals surface area contributed by atoms with Crippen LogP contribution < -0.4 is 5.73 Å². The summed E-state index contributed by atoms with van der Waals surface area (Å²) in [5.74, 6) is -0.389. The van der Waals surface area contributed by atoms with E-state index in [4.69, 9.17) is 15.6 Å². The van der Waals surface area contributed by atoms with Gasteiger partial charge in [0.05, 0.1) is 36.0 Å². The molecule has 1 atom stereocenters. The second-order valence-electron chi connectivity index (χ2n) is 9.14. The first-order chi connectivity index (χ1) is 17.9. The number of alkyl halides is 3. The molecule has 12 heteroatoms. The predicted octanol–water partition coefficient (Wildman–Crippen LogP) is 3.40. The lowest BCUT2D eigenvalue weighted by Gasteiger charge is -2.20. The van der Waals surface area contributed by atoms with Gasteiger partial charge < -0.3 is 25.3 Å². The third kappa shape index (κ3) is 9.05. The number of hydrogen-bond donors (Lipinski definition) is 3. The van der Waals surface area contributed by atoms with Gasteiger partial charge in [-0.15, -0.1) is 0 Å². The summed E-state index contributed by atoms with van der Waals surface area (Å²) in [6, 6.07) is 5.39. The Morgan fingerprint density at radius 3 is 2.45 bits per heavy atom. The molecule has 0 bridgehead atoms. The van der Waals surface area contributed by atoms with E-state index in [0.29, 0.717) is 23.3 Å². The lowest BCUT2D eigenvalue weighted by Crippen LogP contribution is -2.31. The number of halogens is 3. The summed E-state index contributed by atoms with van der Waals surface area (Å²) in [7, 11) is 0. The van der Waals surface area contributed by atoms with Gasteiger partial charge in [-0.25, -0.2) is 4.98 Å². The van der Waals surface area contributed by atoms with Gasteiger partial charge in [-0.05, 0) is 44.5 Å². The minimum atomic E-state index is -4.44. The highest BCUT2D eigenvalue weighted by Crippen LogP contribution is 2.29. The lowest BCUT2D eigenvalue weighted by molar-refractivity contribution is -0.137. The van der Waals surface area contributed by atoms with Crippen LogP contribution in [0.25, 0.3) is 16.7 Å². The first-order valence-corrected chi connectivity index (χ1v) is 12.3. The van der Waals surface area contributed by atoms with E-state index in [1.165, 1.54) is 18.3 Å². The van der Waals surface area contributed by atoms with Gasteiger partial charge in [0, 0.05) is 43.6 Å². The van der Waals surface area contributed by atoms with Crippen LogP contribution in [0, 0.1) is 0 Å². The Balaban J connectivity index is 0.000000274. The third-order valence-corrected chi connectivity index (χ3v) is 5.47. The zero-order chi connectivity index (χ0) is 28.5. The van der Waals surface area contributed by atoms with Crippen LogP contribution in [0.15, 0.2) is 42.9 Å². The number of aliphatic hydroxyl groups excluding tert-OH is 1. The summed E-state index contributed by atoms with van der Waals surface area (Å²) < 4.78 is 44.8. The SMILES string of the molecule is CC.CC(C)(O)COC1CCN(CCO)C1.NC(=O)c1cc2c(ccn2-c2ccc(C(F)(F)F)cn2)cn1. The summed E-state index contributed by atoms with van der Waals surface area (Å²) in [5.41, 5.74) is 4.25. The molecule has 0 spiro atoms. The van der Waals surface area contributed by atoms with Gasteiger partial charge in [-0.1, -0.05) is 13.8 Å². The van der Waals surface area contributed by atoms with Crippen molar-refractivity contribution >= 4 is 16.8 Å². The molecule has 0 saturated carbocycles. The second kappa shape index (κ2) is 13.7. The molecule has 1 aliphatic rings. The van der Waals surface area contributed by atoms with Crippen LogP contribution in [0.5, 0.6) is 0 Å². The second-order valence-corrected chi connectivity index (χ2v) is 9.14. The van der Waals surface area contributed by atoms with E-state index in [0.717, 1.165) is 38.3 Å². The van der Waals surface area contributed by atoms with Crippen LogP contribution in [0.1, 0.15) is 50.2 Å². The van der Waals surface area contributed by atoms with Crippen molar-refractivity contribution in [3.8, 4) is 5.82 Å². The molecule has 0 radical (unpaired) electrons. The van der Waals surface area contributed by atoms with Gasteiger partial charge in [0.2, 0.25) is 0 Å². The monoisotopic (exact) mass is 539 g/mol. The number of carbonyl (C=O) groups is 1. The molecule has 3 aromatic heterocycles. The summed E-state index contributed by atoms with van der Waals surface area (Å²) in [6.07, 6.45) is 0.636. The number of carbonyl (C=O) groups excluding carboxylic acids is 1. The van der Waals surface area contributed by atoms with Crippen LogP contribution in [-0.4, -0.2) is 80.1 Å². The summed E-state index contributed by atoms with van der Waals surface area (Å²) in [5, 5.41) is 18.9. The van der Waals surface area contributed by atoms with E-state index in [-0.39, 0.29) is 18.4 Å². The zero-order valence-corrected chi connectivity index (χ0v) is 22.1. The number of β-amino-alcohol motifs (C(OH)–C–C–N with tert-alkyl or cyclic N) is 1. The van der Waals surface area contributed by atoms with E-state index in [2.05, 4.69) is 14.9 Å². The smallest absolute Gasteiger partial charge is 0.395 e. The summed E-state index contributed by atoms with van der Waals surface area (Å²) >= 11 is 0. The molecule has 4 heterocycles. The molecule has 0 aromatic carbocycles. The number of aromatic nitrogens is 3. The maximum Gasteiger partial charge on any atom is 0.417 e. The van der Waals surface area contributed by atoms with E-state index < -0.39 is 23.2 Å². The van der Waals surface area contributed by atoms with Crippen molar-refractivity contribution in [2.45, 2.75) is 52.0 Å². The first-order valence-electron chi connectivity index (χ1n) is 12.3. The van der Waals surface area contributed by atoms with Crippen LogP contribution in [0.2, 0.25) is 0 Å². The Morgan fingerprint density at radius 1 is 1.18 bits per heavy atom. The molecule has 1 fully saturated rings. The minimum Gasteiger partial charge on any atom is -0.395 e. The molecule has 38 heavy (non-hydrogen) atoms. The number of aliphatic hydroxyl groups is 2. The topological polar surface area (TPSA) is 127 Å². The van der Waals surface area contributed by atoms with E-state index in [1.807, 2.05) is 13.8 Å². The maximum absolute atomic E-state index is 12.6. The van der Waals surface area contributed by atoms with Crippen molar-refractivity contribution < 1.29 is 32.9 Å². The van der Waals surface area contributed by atoms with Gasteiger partial charge in [-0.3, -0.25) is 14.7 Å². The van der Waals surface area contributed by atoms with Crippen LogP contribution >= 0.6 is 0 Å². The number of ether oxygens (including phenoxy) is 1. The fraction of sp³-hybridized carbons (Fsp3) is 0.500. The van der Waals surface area contributed by atoms with E-state index >= 15 is 0 Å². The van der Waals surface area contributed by atoms with Gasteiger partial charge in [0.1, 0.15) is 11.5 Å². The largest absolute Gasteiger partial charge is 0.417 e. The fourth-order valence-corrected chi connectivity index (χ4v) is 3.66. The Kier molecular flexibility index (Phi) is 11.2. The Morgan fingerprint density at radius 2 is 1.89 bits per heavy atom. The molecule has 1 aliphatic heterocycles. The van der Waals surface area contributed by atoms with Crippen molar-refractivity contribution in [3.63, 3.8) is 0 Å². The Hall–Kier alpha value is -3.06. The molecule has 1 amide bonds. The third-order valence-electron chi connectivity index (χ3n) is 5.47. The number of nitrogens with two attached hydrogens (primary N) is 1. The van der Waals surface area contributed by atoms with Crippen molar-refractivity contribution in [1.82, 2.24) is 19.4 Å². The molecule has 3 aromatic rings. The normalized spacial score (nSPS) is 16.0. The van der Waals surface area contributed by atoms with Gasteiger partial charge in [0.15, 0.2) is 0 Å². The average molecular weight is 540 g/mol. The molecule has 0 aliphatic carbocycles. The highest BCUT2D eigenvalue weighted by molar-refractivity contribution is 5.94. The molecule has 4 N–H and O–H groups in total. The number of amides is 1. The average Bonchev–Trinajstić information content (AvgIpc) is 3.50.